The second-order valence-corrected chi connectivity index (χ2v) is 8.05. The van der Waals surface area contributed by atoms with Crippen LogP contribution in [0.25, 0.3) is 0 Å². The molecule has 2 aliphatic heterocycles. The third kappa shape index (κ3) is 6.64. The smallest absolute Gasteiger partial charge is 0.186 e. The number of aliphatic hydroxyl groups excluding tert-OH is 11. The Bertz CT molecular complexity index is 623. The molecule has 0 amide bonds. The number of carbonyl (C=O) groups excluding carboxylic acids is 1. The summed E-state index contributed by atoms with van der Waals surface area (Å²) in [6.45, 7) is -2.13. The second kappa shape index (κ2) is 12.9. The van der Waals surface area contributed by atoms with Gasteiger partial charge < -0.3 is 79.9 Å². The van der Waals surface area contributed by atoms with Crippen molar-refractivity contribution in [2.45, 2.75) is 85.8 Å². The van der Waals surface area contributed by atoms with Crippen molar-refractivity contribution in [1.29, 1.82) is 0 Å². The van der Waals surface area contributed by atoms with E-state index in [9.17, 15) is 61.0 Å². The molecular weight excluding hydrogens is 472 g/mol. The quantitative estimate of drug-likeness (QED) is 0.117. The van der Waals surface area contributed by atoms with Gasteiger partial charge in [0.2, 0.25) is 0 Å². The third-order valence-electron chi connectivity index (χ3n) is 5.61. The Morgan fingerprint density at radius 3 is 1.74 bits per heavy atom. The van der Waals surface area contributed by atoms with E-state index in [1.807, 2.05) is 0 Å². The fourth-order valence-corrected chi connectivity index (χ4v) is 3.39. The Hall–Kier alpha value is -0.930. The molecule has 2 rings (SSSR count). The van der Waals surface area contributed by atoms with Crippen LogP contribution in [0.5, 0.6) is 0 Å². The first-order valence-corrected chi connectivity index (χ1v) is 10.4. The molecule has 0 aromatic rings. The van der Waals surface area contributed by atoms with Crippen LogP contribution in [-0.2, 0) is 23.7 Å². The van der Waals surface area contributed by atoms with Crippen LogP contribution in [0.1, 0.15) is 0 Å². The first kappa shape index (κ1) is 29.3. The maximum absolute atomic E-state index is 10.5. The summed E-state index contributed by atoms with van der Waals surface area (Å²) in [5.41, 5.74) is 0. The zero-order chi connectivity index (χ0) is 25.7. The van der Waals surface area contributed by atoms with E-state index in [0.717, 1.165) is 0 Å². The van der Waals surface area contributed by atoms with Gasteiger partial charge in [-0.25, -0.2) is 0 Å². The van der Waals surface area contributed by atoms with E-state index < -0.39 is 106 Å². The summed E-state index contributed by atoms with van der Waals surface area (Å²) in [7, 11) is 0. The van der Waals surface area contributed by atoms with Gasteiger partial charge in [-0.1, -0.05) is 0 Å². The molecule has 200 valence electrons. The average Bonchev–Trinajstić information content (AvgIpc) is 2.84. The van der Waals surface area contributed by atoms with Crippen LogP contribution < -0.4 is 0 Å². The minimum Gasteiger partial charge on any atom is -0.394 e. The number of aliphatic hydroxyl groups is 11. The molecule has 2 saturated heterocycles. The van der Waals surface area contributed by atoms with Crippen LogP contribution in [0, 0.1) is 0 Å². The molecule has 14 atom stereocenters. The Morgan fingerprint density at radius 1 is 0.706 bits per heavy atom. The van der Waals surface area contributed by atoms with Crippen LogP contribution in [0.4, 0.5) is 0 Å². The van der Waals surface area contributed by atoms with Crippen molar-refractivity contribution < 1.29 is 79.9 Å². The number of rotatable bonds is 11. The summed E-state index contributed by atoms with van der Waals surface area (Å²) in [6.07, 6.45) is -24.4. The minimum atomic E-state index is -2.04. The number of hydrogen-bond acceptors (Lipinski definition) is 16. The lowest BCUT2D eigenvalue weighted by Crippen LogP contribution is -2.62. The SMILES string of the molecule is O=C[C@H](O)[C@@H](O)[C@H](O)[C@H](O)CO[C@@H]1O[C@H](CO[C@H]2O[C@H](CO)[C@@H](O)[C@H](O)[C@H]2O)[C@@H](O)[C@H](O)[C@H]1O. The molecule has 0 radical (unpaired) electrons. The predicted octanol–water partition coefficient (Wildman–Crippen LogP) is -7.73. The van der Waals surface area contributed by atoms with Crippen LogP contribution in [0.2, 0.25) is 0 Å². The fraction of sp³-hybridized carbons (Fsp3) is 0.944. The fourth-order valence-electron chi connectivity index (χ4n) is 3.39. The van der Waals surface area contributed by atoms with Crippen molar-refractivity contribution in [1.82, 2.24) is 0 Å². The van der Waals surface area contributed by atoms with Gasteiger partial charge >= 0.3 is 0 Å². The molecule has 2 fully saturated rings. The third-order valence-corrected chi connectivity index (χ3v) is 5.61. The highest BCUT2D eigenvalue weighted by Gasteiger charge is 2.47. The van der Waals surface area contributed by atoms with Crippen molar-refractivity contribution >= 4 is 6.29 Å². The molecule has 2 aliphatic rings. The average molecular weight is 504 g/mol. The molecule has 0 bridgehead atoms. The van der Waals surface area contributed by atoms with Gasteiger partial charge in [0.05, 0.1) is 19.8 Å². The molecule has 34 heavy (non-hydrogen) atoms. The molecule has 2 heterocycles. The molecule has 0 aromatic heterocycles. The van der Waals surface area contributed by atoms with Crippen molar-refractivity contribution in [3.8, 4) is 0 Å². The van der Waals surface area contributed by atoms with Gasteiger partial charge in [-0.3, -0.25) is 0 Å². The highest BCUT2D eigenvalue weighted by Crippen LogP contribution is 2.26. The number of ether oxygens (including phenoxy) is 4. The highest BCUT2D eigenvalue weighted by molar-refractivity contribution is 5.56. The zero-order valence-corrected chi connectivity index (χ0v) is 17.7. The molecule has 0 unspecified atom stereocenters. The molecule has 0 aromatic carbocycles. The molecule has 0 aliphatic carbocycles. The molecule has 0 saturated carbocycles. The van der Waals surface area contributed by atoms with Gasteiger partial charge in [-0.05, 0) is 0 Å². The predicted molar refractivity (Wildman–Crippen MR) is 102 cm³/mol. The van der Waals surface area contributed by atoms with Crippen LogP contribution in [0.3, 0.4) is 0 Å². The van der Waals surface area contributed by atoms with Crippen molar-refractivity contribution in [3.63, 3.8) is 0 Å². The first-order valence-electron chi connectivity index (χ1n) is 10.4. The number of aldehydes is 1. The van der Waals surface area contributed by atoms with E-state index in [2.05, 4.69) is 0 Å². The number of carbonyl (C=O) groups is 1. The maximum atomic E-state index is 10.5. The molecule has 16 heteroatoms. The largest absolute Gasteiger partial charge is 0.394 e. The summed E-state index contributed by atoms with van der Waals surface area (Å²) in [4.78, 5) is 10.5. The van der Waals surface area contributed by atoms with Crippen molar-refractivity contribution in [2.24, 2.45) is 0 Å². The van der Waals surface area contributed by atoms with Gasteiger partial charge in [-0.15, -0.1) is 0 Å². The van der Waals surface area contributed by atoms with Crippen molar-refractivity contribution in [3.05, 3.63) is 0 Å². The van der Waals surface area contributed by atoms with E-state index in [0.29, 0.717) is 0 Å². The Morgan fingerprint density at radius 2 is 1.21 bits per heavy atom. The monoisotopic (exact) mass is 504 g/mol. The minimum absolute atomic E-state index is 0.0623. The summed E-state index contributed by atoms with van der Waals surface area (Å²) in [5.74, 6) is 0. The van der Waals surface area contributed by atoms with Gasteiger partial charge in [0.1, 0.15) is 73.2 Å². The van der Waals surface area contributed by atoms with Crippen molar-refractivity contribution in [2.75, 3.05) is 19.8 Å². The first-order chi connectivity index (χ1) is 15.9. The van der Waals surface area contributed by atoms with Gasteiger partial charge in [0.25, 0.3) is 0 Å². The molecular formula is C18H32O16. The van der Waals surface area contributed by atoms with E-state index in [-0.39, 0.29) is 6.29 Å². The second-order valence-electron chi connectivity index (χ2n) is 8.05. The molecule has 0 spiro atoms. The summed E-state index contributed by atoms with van der Waals surface area (Å²) in [5, 5.41) is 107. The van der Waals surface area contributed by atoms with E-state index >= 15 is 0 Å². The summed E-state index contributed by atoms with van der Waals surface area (Å²) < 4.78 is 20.8. The normalized spacial score (nSPS) is 42.6. The maximum Gasteiger partial charge on any atom is 0.186 e. The van der Waals surface area contributed by atoms with E-state index in [1.54, 1.807) is 0 Å². The highest BCUT2D eigenvalue weighted by atomic mass is 16.7. The summed E-state index contributed by atoms with van der Waals surface area (Å²) >= 11 is 0. The Balaban J connectivity index is 1.96. The van der Waals surface area contributed by atoms with E-state index in [4.69, 9.17) is 18.9 Å². The van der Waals surface area contributed by atoms with Crippen LogP contribution in [0.15, 0.2) is 0 Å². The van der Waals surface area contributed by atoms with Crippen LogP contribution >= 0.6 is 0 Å². The standard InChI is InChI=1S/C18H32O16/c19-1-5(21)9(23)10(24)6(22)3-31-17-16(30)14(28)12(26)8(34-17)4-32-18-15(29)13(27)11(25)7(2-20)33-18/h1,5-18,20-30H,2-4H2/t5-,6+,7+,8+,9+,10+,11+,12+,13-,14-,15+,16+,17+,18-/m0/s1. The lowest BCUT2D eigenvalue weighted by Gasteiger charge is -2.42. The lowest BCUT2D eigenvalue weighted by atomic mass is 9.98. The Kier molecular flexibility index (Phi) is 11.1. The van der Waals surface area contributed by atoms with Crippen LogP contribution in [-0.4, -0.2) is 168 Å². The van der Waals surface area contributed by atoms with Gasteiger partial charge in [0.15, 0.2) is 18.9 Å². The topological polar surface area (TPSA) is 277 Å². The van der Waals surface area contributed by atoms with E-state index in [1.165, 1.54) is 0 Å². The van der Waals surface area contributed by atoms with Gasteiger partial charge in [0, 0.05) is 0 Å². The molecule has 11 N–H and O–H groups in total. The zero-order valence-electron chi connectivity index (χ0n) is 17.7. The van der Waals surface area contributed by atoms with Gasteiger partial charge in [-0.2, -0.15) is 0 Å². The Labute approximate surface area is 192 Å². The lowest BCUT2D eigenvalue weighted by molar-refractivity contribution is -0.333. The molecule has 16 nitrogen and oxygen atoms in total. The number of hydrogen-bond donors (Lipinski definition) is 11. The summed E-state index contributed by atoms with van der Waals surface area (Å²) in [6, 6.07) is 0.